The van der Waals surface area contributed by atoms with Gasteiger partial charge < -0.3 is 4.42 Å². The highest BCUT2D eigenvalue weighted by atomic mass is 35.5. The lowest BCUT2D eigenvalue weighted by Gasteiger charge is -2.08. The van der Waals surface area contributed by atoms with Crippen molar-refractivity contribution in [3.05, 3.63) is 95.5 Å². The maximum absolute atomic E-state index is 6.35. The number of benzene rings is 3. The number of rotatable bonds is 3. The van der Waals surface area contributed by atoms with Crippen molar-refractivity contribution in [3.63, 3.8) is 0 Å². The van der Waals surface area contributed by atoms with E-state index in [1.54, 1.807) is 0 Å². The monoisotopic (exact) mass is 435 g/mol. The second-order valence-electron chi connectivity index (χ2n) is 7.75. The first kappa shape index (κ1) is 19.0. The normalized spacial score (nSPS) is 12.8. The van der Waals surface area contributed by atoms with Gasteiger partial charge >= 0.3 is 0 Å². The van der Waals surface area contributed by atoms with Crippen LogP contribution in [0.4, 0.5) is 0 Å². The molecule has 32 heavy (non-hydrogen) atoms. The number of aryl methyl sites for hydroxylation is 1. The molecule has 0 amide bonds. The van der Waals surface area contributed by atoms with E-state index in [2.05, 4.69) is 46.4 Å². The van der Waals surface area contributed by atoms with Crippen LogP contribution >= 0.6 is 11.6 Å². The summed E-state index contributed by atoms with van der Waals surface area (Å²) in [5, 5.41) is 1.19. The van der Waals surface area contributed by atoms with Crippen molar-refractivity contribution < 1.29 is 4.42 Å². The molecule has 0 unspecified atom stereocenters. The van der Waals surface area contributed by atoms with Gasteiger partial charge in [0.2, 0.25) is 5.28 Å². The van der Waals surface area contributed by atoms with Crippen LogP contribution in [0.5, 0.6) is 0 Å². The first-order chi connectivity index (χ1) is 15.8. The summed E-state index contributed by atoms with van der Waals surface area (Å²) in [6, 6.07) is 24.4. The fourth-order valence-corrected chi connectivity index (χ4v) is 4.39. The largest absolute Gasteiger partial charge is 0.460 e. The fraction of sp³-hybridized carbons (Fsp3) is 0.0741. The zero-order chi connectivity index (χ0) is 21.5. The van der Waals surface area contributed by atoms with Crippen LogP contribution in [0.15, 0.2) is 83.3 Å². The zero-order valence-corrected chi connectivity index (χ0v) is 17.9. The molecule has 0 aliphatic heterocycles. The Kier molecular flexibility index (Phi) is 4.58. The lowest BCUT2D eigenvalue weighted by atomic mass is 9.99. The van der Waals surface area contributed by atoms with Crippen molar-refractivity contribution in [2.24, 2.45) is 0 Å². The minimum atomic E-state index is 0.169. The lowest BCUT2D eigenvalue weighted by molar-refractivity contribution is 0.546. The van der Waals surface area contributed by atoms with Crippen molar-refractivity contribution in [2.45, 2.75) is 12.8 Å². The summed E-state index contributed by atoms with van der Waals surface area (Å²) >= 11 is 6.35. The Labute approximate surface area is 190 Å². The number of nitrogens with zero attached hydrogens (tertiary/aromatic N) is 3. The van der Waals surface area contributed by atoms with Crippen molar-refractivity contribution in [1.29, 1.82) is 0 Å². The van der Waals surface area contributed by atoms with Gasteiger partial charge in [-0.3, -0.25) is 0 Å². The summed E-state index contributed by atoms with van der Waals surface area (Å²) in [5.74, 6) is 2.09. The fourth-order valence-electron chi connectivity index (χ4n) is 4.23. The third-order valence-electron chi connectivity index (χ3n) is 5.75. The van der Waals surface area contributed by atoms with E-state index in [4.69, 9.17) is 21.0 Å². The van der Waals surface area contributed by atoms with Crippen LogP contribution in [-0.2, 0) is 6.42 Å². The summed E-state index contributed by atoms with van der Waals surface area (Å²) in [6.07, 6.45) is 6.19. The molecule has 0 fully saturated rings. The van der Waals surface area contributed by atoms with Crippen molar-refractivity contribution in [2.75, 3.05) is 0 Å². The number of halogens is 1. The highest BCUT2D eigenvalue weighted by Gasteiger charge is 2.20. The highest BCUT2D eigenvalue weighted by molar-refractivity contribution is 6.28. The quantitative estimate of drug-likeness (QED) is 0.300. The Morgan fingerprint density at radius 2 is 1.47 bits per heavy atom. The SMILES string of the molecule is Clc1nc(-c2ccc(-c3ccccc3)cc2)nc(-c2cccc3oc4c(c23)C=CCC4)n1. The average molecular weight is 436 g/mol. The number of aromatic nitrogens is 3. The van der Waals surface area contributed by atoms with E-state index in [9.17, 15) is 0 Å². The molecule has 6 rings (SSSR count). The molecule has 5 heteroatoms. The van der Waals surface area contributed by atoms with Crippen molar-refractivity contribution >= 4 is 28.6 Å². The summed E-state index contributed by atoms with van der Waals surface area (Å²) in [4.78, 5) is 13.6. The number of furan rings is 1. The molecule has 0 atom stereocenters. The van der Waals surface area contributed by atoms with Crippen LogP contribution in [0, 0.1) is 0 Å². The molecule has 3 aromatic carbocycles. The molecule has 4 nitrogen and oxygen atoms in total. The van der Waals surface area contributed by atoms with E-state index in [-0.39, 0.29) is 5.28 Å². The molecular formula is C27H18ClN3O. The lowest BCUT2D eigenvalue weighted by Crippen LogP contribution is -1.98. The number of fused-ring (bicyclic) bond motifs is 3. The molecule has 0 saturated heterocycles. The van der Waals surface area contributed by atoms with Crippen LogP contribution in [0.25, 0.3) is 50.9 Å². The van der Waals surface area contributed by atoms with E-state index >= 15 is 0 Å². The van der Waals surface area contributed by atoms with E-state index in [1.807, 2.05) is 48.5 Å². The van der Waals surface area contributed by atoms with Gasteiger partial charge in [0.05, 0.1) is 0 Å². The van der Waals surface area contributed by atoms with Crippen molar-refractivity contribution in [1.82, 2.24) is 15.0 Å². The average Bonchev–Trinajstić information content (AvgIpc) is 3.23. The number of allylic oxidation sites excluding steroid dienone is 1. The molecule has 0 radical (unpaired) electrons. The van der Waals surface area contributed by atoms with Gasteiger partial charge in [-0.1, -0.05) is 78.9 Å². The van der Waals surface area contributed by atoms with Crippen LogP contribution in [0.3, 0.4) is 0 Å². The summed E-state index contributed by atoms with van der Waals surface area (Å²) in [6.45, 7) is 0. The highest BCUT2D eigenvalue weighted by Crippen LogP contribution is 2.37. The second-order valence-corrected chi connectivity index (χ2v) is 8.09. The molecular weight excluding hydrogens is 418 g/mol. The Morgan fingerprint density at radius 3 is 2.31 bits per heavy atom. The van der Waals surface area contributed by atoms with Crippen LogP contribution in [0.2, 0.25) is 5.28 Å². The minimum Gasteiger partial charge on any atom is -0.460 e. The molecule has 0 N–H and O–H groups in total. The van der Waals surface area contributed by atoms with Gasteiger partial charge in [-0.15, -0.1) is 0 Å². The predicted octanol–water partition coefficient (Wildman–Crippen LogP) is 7.23. The van der Waals surface area contributed by atoms with Gasteiger partial charge in [0.25, 0.3) is 0 Å². The summed E-state index contributed by atoms with van der Waals surface area (Å²) in [5.41, 5.74) is 6.02. The van der Waals surface area contributed by atoms with E-state index < -0.39 is 0 Å². The van der Waals surface area contributed by atoms with Gasteiger partial charge in [0.15, 0.2) is 11.6 Å². The molecule has 5 aromatic rings. The van der Waals surface area contributed by atoms with Gasteiger partial charge in [0, 0.05) is 28.5 Å². The van der Waals surface area contributed by atoms with E-state index in [0.717, 1.165) is 57.4 Å². The standard InChI is InChI=1S/C27H18ClN3O/c28-27-30-25(19-15-13-18(14-16-19)17-7-2-1-3-8-17)29-26(31-27)21-10-6-12-23-24(21)20-9-4-5-11-22(20)32-23/h1-4,6-10,12-16H,5,11H2. The first-order valence-electron chi connectivity index (χ1n) is 10.5. The Bertz CT molecular complexity index is 1470. The smallest absolute Gasteiger partial charge is 0.226 e. The first-order valence-corrected chi connectivity index (χ1v) is 10.9. The van der Waals surface area contributed by atoms with Crippen LogP contribution in [0.1, 0.15) is 17.7 Å². The Balaban J connectivity index is 1.45. The van der Waals surface area contributed by atoms with Crippen LogP contribution in [-0.4, -0.2) is 15.0 Å². The molecule has 2 heterocycles. The molecule has 0 bridgehead atoms. The summed E-state index contributed by atoms with van der Waals surface area (Å²) < 4.78 is 6.10. The second kappa shape index (κ2) is 7.74. The molecule has 0 saturated carbocycles. The topological polar surface area (TPSA) is 51.8 Å². The number of hydrogen-bond donors (Lipinski definition) is 0. The molecule has 1 aliphatic carbocycles. The van der Waals surface area contributed by atoms with Crippen molar-refractivity contribution in [3.8, 4) is 33.9 Å². The minimum absolute atomic E-state index is 0.169. The maximum Gasteiger partial charge on any atom is 0.226 e. The third kappa shape index (κ3) is 3.29. The predicted molar refractivity (Wildman–Crippen MR) is 128 cm³/mol. The maximum atomic E-state index is 6.35. The third-order valence-corrected chi connectivity index (χ3v) is 5.92. The molecule has 2 aromatic heterocycles. The van der Waals surface area contributed by atoms with E-state index in [0.29, 0.717) is 11.6 Å². The van der Waals surface area contributed by atoms with Gasteiger partial charge in [0.1, 0.15) is 11.3 Å². The Hall–Kier alpha value is -3.76. The van der Waals surface area contributed by atoms with Crippen LogP contribution < -0.4 is 0 Å². The summed E-state index contributed by atoms with van der Waals surface area (Å²) in [7, 11) is 0. The van der Waals surface area contributed by atoms with Gasteiger partial charge in [-0.05, 0) is 35.2 Å². The zero-order valence-electron chi connectivity index (χ0n) is 17.1. The molecule has 0 spiro atoms. The molecule has 1 aliphatic rings. The number of hydrogen-bond acceptors (Lipinski definition) is 4. The van der Waals surface area contributed by atoms with Gasteiger partial charge in [-0.2, -0.15) is 9.97 Å². The van der Waals surface area contributed by atoms with Gasteiger partial charge in [-0.25, -0.2) is 4.98 Å². The van der Waals surface area contributed by atoms with E-state index in [1.165, 1.54) is 0 Å². The Morgan fingerprint density at radius 1 is 0.719 bits per heavy atom. The molecule has 154 valence electrons.